The average Bonchev–Trinajstić information content (AvgIpc) is 2.29. The molecule has 0 radical (unpaired) electrons. The van der Waals surface area contributed by atoms with Crippen LogP contribution in [0, 0.1) is 16.7 Å². The fourth-order valence-electron chi connectivity index (χ4n) is 2.38. The van der Waals surface area contributed by atoms with Crippen LogP contribution in [0.2, 0.25) is 0 Å². The molecule has 1 aliphatic rings. The minimum Gasteiger partial charge on any atom is -0.298 e. The molecule has 0 heterocycles. The molecule has 0 unspecified atom stereocenters. The van der Waals surface area contributed by atoms with Crippen LogP contribution >= 0.6 is 15.9 Å². The van der Waals surface area contributed by atoms with E-state index in [2.05, 4.69) is 43.6 Å². The highest BCUT2D eigenvalue weighted by Crippen LogP contribution is 2.56. The van der Waals surface area contributed by atoms with Crippen molar-refractivity contribution in [1.29, 1.82) is 0 Å². The smallest absolute Gasteiger partial charge is 0.149 e. The number of alkyl halides is 1. The van der Waals surface area contributed by atoms with Crippen LogP contribution in [0.3, 0.4) is 0 Å². The standard InChI is InChI=1S/C11H19BrO/c1-8-5-6-11(4,9(13)7-12)10(8,2)3/h8H,5-7H2,1-4H3/t8-,11-/m0/s1. The van der Waals surface area contributed by atoms with Crippen LogP contribution in [0.5, 0.6) is 0 Å². The molecule has 13 heavy (non-hydrogen) atoms. The molecule has 1 nitrogen and oxygen atoms in total. The van der Waals surface area contributed by atoms with Gasteiger partial charge in [-0.05, 0) is 24.2 Å². The van der Waals surface area contributed by atoms with Gasteiger partial charge in [-0.25, -0.2) is 0 Å². The van der Waals surface area contributed by atoms with Crippen LogP contribution in [0.25, 0.3) is 0 Å². The molecular formula is C11H19BrO. The Hall–Kier alpha value is 0.150. The van der Waals surface area contributed by atoms with Crippen LogP contribution in [-0.2, 0) is 4.79 Å². The predicted octanol–water partition coefficient (Wildman–Crippen LogP) is 3.41. The van der Waals surface area contributed by atoms with E-state index in [0.717, 1.165) is 6.42 Å². The van der Waals surface area contributed by atoms with Crippen LogP contribution in [0.1, 0.15) is 40.5 Å². The Morgan fingerprint density at radius 3 is 2.31 bits per heavy atom. The number of carbonyl (C=O) groups excluding carboxylic acids is 1. The maximum Gasteiger partial charge on any atom is 0.149 e. The molecule has 0 aromatic rings. The van der Waals surface area contributed by atoms with E-state index in [1.807, 2.05) is 0 Å². The minimum absolute atomic E-state index is 0.115. The van der Waals surface area contributed by atoms with Gasteiger partial charge < -0.3 is 0 Å². The zero-order chi connectivity index (χ0) is 10.3. The maximum absolute atomic E-state index is 11.9. The topological polar surface area (TPSA) is 17.1 Å². The van der Waals surface area contributed by atoms with E-state index < -0.39 is 0 Å². The molecule has 1 saturated carbocycles. The van der Waals surface area contributed by atoms with E-state index in [-0.39, 0.29) is 10.8 Å². The molecule has 0 amide bonds. The summed E-state index contributed by atoms with van der Waals surface area (Å²) >= 11 is 3.28. The Bertz CT molecular complexity index is 222. The lowest BCUT2D eigenvalue weighted by Gasteiger charge is -2.39. The molecule has 0 spiro atoms. The summed E-state index contributed by atoms with van der Waals surface area (Å²) in [5.74, 6) is 1.02. The van der Waals surface area contributed by atoms with E-state index in [4.69, 9.17) is 0 Å². The quantitative estimate of drug-likeness (QED) is 0.683. The van der Waals surface area contributed by atoms with Crippen molar-refractivity contribution in [3.63, 3.8) is 0 Å². The third-order valence-corrected chi connectivity index (χ3v) is 4.98. The lowest BCUT2D eigenvalue weighted by atomic mass is 9.64. The van der Waals surface area contributed by atoms with Gasteiger partial charge in [-0.3, -0.25) is 4.79 Å². The van der Waals surface area contributed by atoms with Crippen molar-refractivity contribution in [3.8, 4) is 0 Å². The van der Waals surface area contributed by atoms with Crippen molar-refractivity contribution < 1.29 is 4.79 Å². The first-order valence-corrected chi connectivity index (χ1v) is 6.07. The molecule has 76 valence electrons. The molecule has 0 aromatic heterocycles. The molecule has 1 aliphatic carbocycles. The summed E-state index contributed by atoms with van der Waals surface area (Å²) < 4.78 is 0. The molecular weight excluding hydrogens is 228 g/mol. The van der Waals surface area contributed by atoms with Gasteiger partial charge in [0.05, 0.1) is 5.33 Å². The largest absolute Gasteiger partial charge is 0.298 e. The average molecular weight is 247 g/mol. The second-order valence-corrected chi connectivity index (χ2v) is 5.61. The molecule has 1 fully saturated rings. The Labute approximate surface area is 89.4 Å². The summed E-state index contributed by atoms with van der Waals surface area (Å²) in [5, 5.41) is 0.500. The third-order valence-electron chi connectivity index (χ3n) is 4.47. The first-order chi connectivity index (χ1) is 5.86. The number of Topliss-reactive ketones (excluding diaryl/α,β-unsaturated/α-hetero) is 1. The van der Waals surface area contributed by atoms with Gasteiger partial charge in [-0.15, -0.1) is 0 Å². The van der Waals surface area contributed by atoms with Crippen molar-refractivity contribution in [2.45, 2.75) is 40.5 Å². The summed E-state index contributed by atoms with van der Waals surface area (Å²) in [7, 11) is 0. The number of ketones is 1. The zero-order valence-electron chi connectivity index (χ0n) is 8.98. The number of rotatable bonds is 2. The van der Waals surface area contributed by atoms with E-state index >= 15 is 0 Å². The highest BCUT2D eigenvalue weighted by molar-refractivity contribution is 9.09. The first kappa shape index (κ1) is 11.2. The second-order valence-electron chi connectivity index (χ2n) is 5.05. The summed E-state index contributed by atoms with van der Waals surface area (Å²) in [4.78, 5) is 11.9. The van der Waals surface area contributed by atoms with Crippen molar-refractivity contribution in [3.05, 3.63) is 0 Å². The number of hydrogen-bond acceptors (Lipinski definition) is 1. The Balaban J connectivity index is 2.98. The van der Waals surface area contributed by atoms with Gasteiger partial charge in [0.15, 0.2) is 0 Å². The second kappa shape index (κ2) is 3.38. The molecule has 1 rings (SSSR count). The van der Waals surface area contributed by atoms with E-state index in [0.29, 0.717) is 17.0 Å². The Morgan fingerprint density at radius 1 is 1.46 bits per heavy atom. The lowest BCUT2D eigenvalue weighted by molar-refractivity contribution is -0.130. The van der Waals surface area contributed by atoms with E-state index in [1.165, 1.54) is 6.42 Å². The molecule has 0 saturated heterocycles. The van der Waals surface area contributed by atoms with Gasteiger partial charge in [0.2, 0.25) is 0 Å². The van der Waals surface area contributed by atoms with Crippen molar-refractivity contribution >= 4 is 21.7 Å². The van der Waals surface area contributed by atoms with Gasteiger partial charge in [0.25, 0.3) is 0 Å². The zero-order valence-corrected chi connectivity index (χ0v) is 10.6. The van der Waals surface area contributed by atoms with Gasteiger partial charge in [0.1, 0.15) is 5.78 Å². The predicted molar refractivity (Wildman–Crippen MR) is 59.1 cm³/mol. The highest BCUT2D eigenvalue weighted by atomic mass is 79.9. The fourth-order valence-corrected chi connectivity index (χ4v) is 3.00. The lowest BCUT2D eigenvalue weighted by Crippen LogP contribution is -2.40. The van der Waals surface area contributed by atoms with Gasteiger partial charge in [0, 0.05) is 5.41 Å². The first-order valence-electron chi connectivity index (χ1n) is 4.95. The van der Waals surface area contributed by atoms with Gasteiger partial charge >= 0.3 is 0 Å². The Kier molecular flexibility index (Phi) is 2.92. The summed E-state index contributed by atoms with van der Waals surface area (Å²) in [6, 6.07) is 0. The molecule has 0 aromatic carbocycles. The molecule has 0 N–H and O–H groups in total. The number of carbonyl (C=O) groups is 1. The molecule has 2 atom stereocenters. The number of hydrogen-bond donors (Lipinski definition) is 0. The van der Waals surface area contributed by atoms with Gasteiger partial charge in [-0.1, -0.05) is 43.6 Å². The van der Waals surface area contributed by atoms with Crippen LogP contribution in [0.15, 0.2) is 0 Å². The van der Waals surface area contributed by atoms with Crippen molar-refractivity contribution in [2.24, 2.45) is 16.7 Å². The van der Waals surface area contributed by atoms with Crippen molar-refractivity contribution in [2.75, 3.05) is 5.33 Å². The molecule has 2 heteroatoms. The third kappa shape index (κ3) is 1.47. The van der Waals surface area contributed by atoms with E-state index in [9.17, 15) is 4.79 Å². The Morgan fingerprint density at radius 2 is 2.00 bits per heavy atom. The SMILES string of the molecule is C[C@H]1CC[C@@](C)(C(=O)CBr)C1(C)C. The minimum atomic E-state index is -0.115. The summed E-state index contributed by atoms with van der Waals surface area (Å²) in [5.41, 5.74) is 0.0355. The van der Waals surface area contributed by atoms with Crippen LogP contribution in [-0.4, -0.2) is 11.1 Å². The molecule has 0 bridgehead atoms. The van der Waals surface area contributed by atoms with Crippen molar-refractivity contribution in [1.82, 2.24) is 0 Å². The van der Waals surface area contributed by atoms with Gasteiger partial charge in [-0.2, -0.15) is 0 Å². The summed E-state index contributed by atoms with van der Waals surface area (Å²) in [6.45, 7) is 8.84. The maximum atomic E-state index is 11.9. The van der Waals surface area contributed by atoms with E-state index in [1.54, 1.807) is 0 Å². The summed E-state index contributed by atoms with van der Waals surface area (Å²) in [6.07, 6.45) is 2.23. The van der Waals surface area contributed by atoms with Crippen LogP contribution in [0.4, 0.5) is 0 Å². The molecule has 0 aliphatic heterocycles. The fraction of sp³-hybridized carbons (Fsp3) is 0.909. The monoisotopic (exact) mass is 246 g/mol. The highest BCUT2D eigenvalue weighted by Gasteiger charge is 2.53. The normalized spacial score (nSPS) is 37.8. The number of halogens is 1. The van der Waals surface area contributed by atoms with Crippen LogP contribution < -0.4 is 0 Å².